The number of aromatic amines is 1. The summed E-state index contributed by atoms with van der Waals surface area (Å²) in [4.78, 5) is 3.26. The van der Waals surface area contributed by atoms with E-state index in [2.05, 4.69) is 65.0 Å². The van der Waals surface area contributed by atoms with E-state index in [0.717, 1.165) is 0 Å². The molecule has 0 bridgehead atoms. The molecule has 2 rings (SSSR count). The van der Waals surface area contributed by atoms with Crippen LogP contribution in [-0.4, -0.2) is 4.98 Å². The summed E-state index contributed by atoms with van der Waals surface area (Å²) in [7, 11) is 0. The molecule has 0 radical (unpaired) electrons. The van der Waals surface area contributed by atoms with Crippen LogP contribution < -0.4 is 0 Å². The number of halogens is 1. The third-order valence-electron chi connectivity index (χ3n) is 2.05. The van der Waals surface area contributed by atoms with Gasteiger partial charge in [0.1, 0.15) is 0 Å². The summed E-state index contributed by atoms with van der Waals surface area (Å²) in [5.41, 5.74) is 2.63. The van der Waals surface area contributed by atoms with E-state index >= 15 is 0 Å². The first-order valence-corrected chi connectivity index (χ1v) is 5.23. The molecule has 1 heterocycles. The molecule has 2 aromatic rings. The van der Waals surface area contributed by atoms with Gasteiger partial charge in [-0.1, -0.05) is 40.8 Å². The molecular formula is C10H10IN. The van der Waals surface area contributed by atoms with E-state index in [1.807, 2.05) is 0 Å². The maximum Gasteiger partial charge on any atom is 0.0457 e. The smallest absolute Gasteiger partial charge is 0.0457 e. The average molecular weight is 271 g/mol. The van der Waals surface area contributed by atoms with E-state index in [9.17, 15) is 0 Å². The molecule has 1 nitrogen and oxygen atoms in total. The highest BCUT2D eigenvalue weighted by Gasteiger charge is 2.06. The van der Waals surface area contributed by atoms with Crippen LogP contribution >= 0.6 is 22.6 Å². The minimum atomic E-state index is 0.568. The highest BCUT2D eigenvalue weighted by atomic mass is 127. The zero-order chi connectivity index (χ0) is 8.55. The summed E-state index contributed by atoms with van der Waals surface area (Å²) in [6, 6.07) is 8.41. The molecule has 1 aromatic carbocycles. The van der Waals surface area contributed by atoms with Gasteiger partial charge in [-0.05, 0) is 18.6 Å². The second-order valence-electron chi connectivity index (χ2n) is 2.91. The van der Waals surface area contributed by atoms with Crippen molar-refractivity contribution in [1.29, 1.82) is 0 Å². The van der Waals surface area contributed by atoms with E-state index in [1.165, 1.54) is 16.5 Å². The molecule has 1 atom stereocenters. The van der Waals surface area contributed by atoms with Gasteiger partial charge in [0.15, 0.2) is 0 Å². The molecule has 2 heteroatoms. The van der Waals surface area contributed by atoms with Crippen LogP contribution in [0.25, 0.3) is 10.9 Å². The minimum Gasteiger partial charge on any atom is -0.361 e. The van der Waals surface area contributed by atoms with Gasteiger partial charge in [0.05, 0.1) is 0 Å². The standard InChI is InChI=1S/C10H10IN/c1-7(11)9-6-12-10-5-3-2-4-8(9)10/h2-7,12H,1H3. The normalized spacial score (nSPS) is 13.5. The van der Waals surface area contributed by atoms with Gasteiger partial charge in [-0.2, -0.15) is 0 Å². The van der Waals surface area contributed by atoms with E-state index in [-0.39, 0.29) is 0 Å². The molecular weight excluding hydrogens is 261 g/mol. The Morgan fingerprint density at radius 3 is 2.83 bits per heavy atom. The van der Waals surface area contributed by atoms with Crippen LogP contribution in [0.2, 0.25) is 0 Å². The van der Waals surface area contributed by atoms with Crippen LogP contribution in [0, 0.1) is 0 Å². The van der Waals surface area contributed by atoms with Crippen molar-refractivity contribution in [3.05, 3.63) is 36.0 Å². The number of para-hydroxylation sites is 1. The molecule has 0 aliphatic carbocycles. The summed E-state index contributed by atoms with van der Waals surface area (Å²) >= 11 is 2.43. The maximum absolute atomic E-state index is 3.26. The predicted octanol–water partition coefficient (Wildman–Crippen LogP) is 3.66. The van der Waals surface area contributed by atoms with Crippen LogP contribution in [0.3, 0.4) is 0 Å². The molecule has 0 fully saturated rings. The molecule has 0 spiro atoms. The molecule has 0 saturated carbocycles. The number of fused-ring (bicyclic) bond motifs is 1. The Labute approximate surface area is 85.3 Å². The summed E-state index contributed by atoms with van der Waals surface area (Å²) in [6.07, 6.45) is 2.10. The molecule has 0 aliphatic heterocycles. The number of aromatic nitrogens is 1. The zero-order valence-electron chi connectivity index (χ0n) is 6.84. The Bertz CT molecular complexity index is 389. The van der Waals surface area contributed by atoms with Gasteiger partial charge in [0.25, 0.3) is 0 Å². The van der Waals surface area contributed by atoms with E-state index < -0.39 is 0 Å². The predicted molar refractivity (Wildman–Crippen MR) is 60.7 cm³/mol. The molecule has 0 aliphatic rings. The molecule has 12 heavy (non-hydrogen) atoms. The second-order valence-corrected chi connectivity index (χ2v) is 4.77. The third-order valence-corrected chi connectivity index (χ3v) is 2.72. The largest absolute Gasteiger partial charge is 0.361 e. The number of alkyl halides is 1. The van der Waals surface area contributed by atoms with Crippen LogP contribution in [0.1, 0.15) is 16.4 Å². The molecule has 1 aromatic heterocycles. The Balaban J connectivity index is 2.70. The van der Waals surface area contributed by atoms with E-state index in [4.69, 9.17) is 0 Å². The van der Waals surface area contributed by atoms with Crippen LogP contribution in [-0.2, 0) is 0 Å². The van der Waals surface area contributed by atoms with Crippen molar-refractivity contribution >= 4 is 33.5 Å². The Hall–Kier alpha value is -0.510. The molecule has 1 N–H and O–H groups in total. The lowest BCUT2D eigenvalue weighted by molar-refractivity contribution is 1.16. The molecule has 0 amide bonds. The van der Waals surface area contributed by atoms with E-state index in [0.29, 0.717) is 3.92 Å². The van der Waals surface area contributed by atoms with Crippen molar-refractivity contribution < 1.29 is 0 Å². The van der Waals surface area contributed by atoms with Gasteiger partial charge in [-0.3, -0.25) is 0 Å². The van der Waals surface area contributed by atoms with Gasteiger partial charge in [0, 0.05) is 21.0 Å². The maximum atomic E-state index is 3.26. The average Bonchev–Trinajstić information content (AvgIpc) is 2.47. The van der Waals surface area contributed by atoms with Crippen LogP contribution in [0.4, 0.5) is 0 Å². The Morgan fingerprint density at radius 2 is 2.08 bits per heavy atom. The number of hydrogen-bond acceptors (Lipinski definition) is 0. The number of hydrogen-bond donors (Lipinski definition) is 1. The second kappa shape index (κ2) is 3.09. The molecule has 0 saturated heterocycles. The van der Waals surface area contributed by atoms with Gasteiger partial charge in [-0.15, -0.1) is 0 Å². The Morgan fingerprint density at radius 1 is 1.33 bits per heavy atom. The number of nitrogens with one attached hydrogen (secondary N) is 1. The van der Waals surface area contributed by atoms with Crippen LogP contribution in [0.15, 0.2) is 30.5 Å². The van der Waals surface area contributed by atoms with Crippen LogP contribution in [0.5, 0.6) is 0 Å². The van der Waals surface area contributed by atoms with Crippen molar-refractivity contribution in [1.82, 2.24) is 4.98 Å². The monoisotopic (exact) mass is 271 g/mol. The lowest BCUT2D eigenvalue weighted by atomic mass is 10.1. The first kappa shape index (κ1) is 8.10. The first-order chi connectivity index (χ1) is 5.79. The lowest BCUT2D eigenvalue weighted by Crippen LogP contribution is -1.78. The van der Waals surface area contributed by atoms with Crippen molar-refractivity contribution in [2.24, 2.45) is 0 Å². The summed E-state index contributed by atoms with van der Waals surface area (Å²) in [6.45, 7) is 2.20. The summed E-state index contributed by atoms with van der Waals surface area (Å²) < 4.78 is 0.568. The van der Waals surface area contributed by atoms with E-state index in [1.54, 1.807) is 0 Å². The first-order valence-electron chi connectivity index (χ1n) is 3.99. The van der Waals surface area contributed by atoms with Crippen molar-refractivity contribution in [3.8, 4) is 0 Å². The number of H-pyrrole nitrogens is 1. The van der Waals surface area contributed by atoms with Crippen molar-refractivity contribution in [2.45, 2.75) is 10.8 Å². The quantitative estimate of drug-likeness (QED) is 0.601. The fourth-order valence-corrected chi connectivity index (χ4v) is 1.94. The fourth-order valence-electron chi connectivity index (χ4n) is 1.42. The van der Waals surface area contributed by atoms with Gasteiger partial charge < -0.3 is 4.98 Å². The summed E-state index contributed by atoms with van der Waals surface area (Å²) in [5.74, 6) is 0. The van der Waals surface area contributed by atoms with Gasteiger partial charge in [0.2, 0.25) is 0 Å². The minimum absolute atomic E-state index is 0.568. The number of benzene rings is 1. The third kappa shape index (κ3) is 1.24. The summed E-state index contributed by atoms with van der Waals surface area (Å²) in [5, 5.41) is 1.35. The fraction of sp³-hybridized carbons (Fsp3) is 0.200. The van der Waals surface area contributed by atoms with Crippen molar-refractivity contribution in [3.63, 3.8) is 0 Å². The Kier molecular flexibility index (Phi) is 2.09. The zero-order valence-corrected chi connectivity index (χ0v) is 9.00. The lowest BCUT2D eigenvalue weighted by Gasteiger charge is -1.99. The molecule has 1 unspecified atom stereocenters. The van der Waals surface area contributed by atoms with Crippen molar-refractivity contribution in [2.75, 3.05) is 0 Å². The SMILES string of the molecule is CC(I)c1c[nH]c2ccccc12. The topological polar surface area (TPSA) is 15.8 Å². The number of rotatable bonds is 1. The highest BCUT2D eigenvalue weighted by molar-refractivity contribution is 14.1. The molecule has 62 valence electrons. The van der Waals surface area contributed by atoms with Gasteiger partial charge >= 0.3 is 0 Å². The van der Waals surface area contributed by atoms with Gasteiger partial charge in [-0.25, -0.2) is 0 Å². The highest BCUT2D eigenvalue weighted by Crippen LogP contribution is 2.29.